The molecule has 0 aromatic carbocycles. The van der Waals surface area contributed by atoms with Crippen molar-refractivity contribution >= 4 is 16.5 Å². The van der Waals surface area contributed by atoms with Gasteiger partial charge in [0.25, 0.3) is 0 Å². The van der Waals surface area contributed by atoms with Gasteiger partial charge in [0.15, 0.2) is 0 Å². The van der Waals surface area contributed by atoms with Crippen LogP contribution in [0, 0.1) is 5.41 Å². The van der Waals surface area contributed by atoms with Gasteiger partial charge in [0.2, 0.25) is 5.13 Å². The van der Waals surface area contributed by atoms with E-state index >= 15 is 0 Å². The van der Waals surface area contributed by atoms with Gasteiger partial charge in [0.05, 0.1) is 0 Å². The average molecular weight is 271 g/mol. The van der Waals surface area contributed by atoms with Gasteiger partial charge in [-0.05, 0) is 11.8 Å². The largest absolute Gasteiger partial charge is 0.385 e. The normalized spacial score (nSPS) is 12.8. The SMILES string of the molecule is COCCC(C)(C)CNc1nnc(C(C)(C)C)s1. The second kappa shape index (κ2) is 5.97. The predicted molar refractivity (Wildman–Crippen MR) is 77.4 cm³/mol. The van der Waals surface area contributed by atoms with Gasteiger partial charge in [-0.2, -0.15) is 0 Å². The Labute approximate surface area is 114 Å². The molecule has 1 rings (SSSR count). The Balaban J connectivity index is 2.51. The van der Waals surface area contributed by atoms with E-state index in [-0.39, 0.29) is 10.8 Å². The lowest BCUT2D eigenvalue weighted by Crippen LogP contribution is -2.24. The summed E-state index contributed by atoms with van der Waals surface area (Å²) in [5.41, 5.74) is 0.271. The van der Waals surface area contributed by atoms with Crippen molar-refractivity contribution in [2.24, 2.45) is 5.41 Å². The summed E-state index contributed by atoms with van der Waals surface area (Å²) in [7, 11) is 1.74. The van der Waals surface area contributed by atoms with Gasteiger partial charge in [-0.25, -0.2) is 0 Å². The Morgan fingerprint density at radius 2 is 1.83 bits per heavy atom. The summed E-state index contributed by atoms with van der Waals surface area (Å²) in [6.45, 7) is 12.6. The molecule has 0 aliphatic carbocycles. The Morgan fingerprint density at radius 3 is 2.33 bits per heavy atom. The number of hydrogen-bond donors (Lipinski definition) is 1. The summed E-state index contributed by atoms with van der Waals surface area (Å²) in [4.78, 5) is 0. The summed E-state index contributed by atoms with van der Waals surface area (Å²) in [5, 5.41) is 13.8. The molecule has 0 radical (unpaired) electrons. The first-order chi connectivity index (χ1) is 8.24. The first-order valence-electron chi connectivity index (χ1n) is 6.31. The number of anilines is 1. The van der Waals surface area contributed by atoms with E-state index in [1.807, 2.05) is 0 Å². The Hall–Kier alpha value is -0.680. The summed E-state index contributed by atoms with van der Waals surface area (Å²) >= 11 is 1.64. The summed E-state index contributed by atoms with van der Waals surface area (Å²) < 4.78 is 5.13. The average Bonchev–Trinajstić information content (AvgIpc) is 2.72. The van der Waals surface area contributed by atoms with Crippen LogP contribution in [0.4, 0.5) is 5.13 Å². The fourth-order valence-electron chi connectivity index (χ4n) is 1.38. The molecular formula is C13H25N3OS. The molecule has 1 aromatic rings. The molecule has 0 aliphatic rings. The van der Waals surface area contributed by atoms with Crippen LogP contribution in [0.25, 0.3) is 0 Å². The fourth-order valence-corrected chi connectivity index (χ4v) is 2.18. The molecule has 0 spiro atoms. The maximum Gasteiger partial charge on any atom is 0.205 e. The van der Waals surface area contributed by atoms with Crippen LogP contribution in [-0.2, 0) is 10.2 Å². The first-order valence-corrected chi connectivity index (χ1v) is 7.13. The number of nitrogens with zero attached hydrogens (tertiary/aromatic N) is 2. The number of ether oxygens (including phenoxy) is 1. The molecular weight excluding hydrogens is 246 g/mol. The monoisotopic (exact) mass is 271 g/mol. The standard InChI is InChI=1S/C13H25N3OS/c1-12(2,3)10-15-16-11(18-10)14-9-13(4,5)7-8-17-6/h7-9H2,1-6H3,(H,14,16). The molecule has 0 bridgehead atoms. The number of methoxy groups -OCH3 is 1. The van der Waals surface area contributed by atoms with Crippen molar-refractivity contribution in [3.8, 4) is 0 Å². The van der Waals surface area contributed by atoms with Gasteiger partial charge in [-0.1, -0.05) is 46.0 Å². The number of aromatic nitrogens is 2. The van der Waals surface area contributed by atoms with E-state index in [9.17, 15) is 0 Å². The van der Waals surface area contributed by atoms with Crippen molar-refractivity contribution in [1.82, 2.24) is 10.2 Å². The molecule has 1 N–H and O–H groups in total. The molecule has 18 heavy (non-hydrogen) atoms. The lowest BCUT2D eigenvalue weighted by Gasteiger charge is -2.24. The third-order valence-corrected chi connectivity index (χ3v) is 4.07. The Morgan fingerprint density at radius 1 is 1.17 bits per heavy atom. The molecule has 4 nitrogen and oxygen atoms in total. The van der Waals surface area contributed by atoms with E-state index in [0.29, 0.717) is 0 Å². The highest BCUT2D eigenvalue weighted by atomic mass is 32.1. The van der Waals surface area contributed by atoms with Gasteiger partial charge < -0.3 is 10.1 Å². The molecule has 0 aliphatic heterocycles. The topological polar surface area (TPSA) is 47.0 Å². The van der Waals surface area contributed by atoms with Crippen molar-refractivity contribution in [1.29, 1.82) is 0 Å². The summed E-state index contributed by atoms with van der Waals surface area (Å²) in [6.07, 6.45) is 1.03. The first kappa shape index (κ1) is 15.4. The van der Waals surface area contributed by atoms with Crippen molar-refractivity contribution < 1.29 is 4.74 Å². The molecule has 0 amide bonds. The van der Waals surface area contributed by atoms with Gasteiger partial charge in [-0.15, -0.1) is 10.2 Å². The van der Waals surface area contributed by atoms with Crippen LogP contribution in [0.3, 0.4) is 0 Å². The zero-order valence-corrected chi connectivity index (χ0v) is 13.1. The van der Waals surface area contributed by atoms with Gasteiger partial charge >= 0.3 is 0 Å². The quantitative estimate of drug-likeness (QED) is 0.862. The van der Waals surface area contributed by atoms with E-state index in [0.717, 1.165) is 29.7 Å². The van der Waals surface area contributed by atoms with Crippen LogP contribution in [0.15, 0.2) is 0 Å². The predicted octanol–water partition coefficient (Wildman–Crippen LogP) is 3.31. The highest BCUT2D eigenvalue weighted by molar-refractivity contribution is 7.15. The third-order valence-electron chi connectivity index (χ3n) is 2.77. The summed E-state index contributed by atoms with van der Waals surface area (Å²) in [6, 6.07) is 0. The van der Waals surface area contributed by atoms with E-state index < -0.39 is 0 Å². The van der Waals surface area contributed by atoms with Crippen molar-refractivity contribution in [2.75, 3.05) is 25.6 Å². The van der Waals surface area contributed by atoms with Crippen LogP contribution in [0.5, 0.6) is 0 Å². The molecule has 0 fully saturated rings. The van der Waals surface area contributed by atoms with E-state index in [2.05, 4.69) is 50.1 Å². The zero-order valence-electron chi connectivity index (χ0n) is 12.3. The fraction of sp³-hybridized carbons (Fsp3) is 0.846. The second-order valence-electron chi connectivity index (χ2n) is 6.42. The molecule has 1 heterocycles. The van der Waals surface area contributed by atoms with E-state index in [1.165, 1.54) is 0 Å². The van der Waals surface area contributed by atoms with Crippen LogP contribution in [0.2, 0.25) is 0 Å². The highest BCUT2D eigenvalue weighted by Gasteiger charge is 2.21. The lowest BCUT2D eigenvalue weighted by molar-refractivity contribution is 0.157. The molecule has 104 valence electrons. The molecule has 1 aromatic heterocycles. The van der Waals surface area contributed by atoms with Gasteiger partial charge in [-0.3, -0.25) is 0 Å². The molecule has 0 unspecified atom stereocenters. The van der Waals surface area contributed by atoms with Crippen LogP contribution in [-0.4, -0.2) is 30.5 Å². The maximum atomic E-state index is 5.13. The Kier molecular flexibility index (Phi) is 5.10. The lowest BCUT2D eigenvalue weighted by atomic mass is 9.90. The highest BCUT2D eigenvalue weighted by Crippen LogP contribution is 2.28. The van der Waals surface area contributed by atoms with Crippen molar-refractivity contribution in [3.63, 3.8) is 0 Å². The third kappa shape index (κ3) is 4.90. The number of nitrogens with one attached hydrogen (secondary N) is 1. The smallest absolute Gasteiger partial charge is 0.205 e. The van der Waals surface area contributed by atoms with Crippen LogP contribution >= 0.6 is 11.3 Å². The second-order valence-corrected chi connectivity index (χ2v) is 7.40. The zero-order chi connectivity index (χ0) is 13.8. The van der Waals surface area contributed by atoms with Gasteiger partial charge in [0.1, 0.15) is 5.01 Å². The minimum Gasteiger partial charge on any atom is -0.385 e. The maximum absolute atomic E-state index is 5.13. The number of hydrogen-bond acceptors (Lipinski definition) is 5. The molecule has 0 saturated carbocycles. The minimum absolute atomic E-state index is 0.0726. The van der Waals surface area contributed by atoms with E-state index in [1.54, 1.807) is 18.4 Å². The summed E-state index contributed by atoms with van der Waals surface area (Å²) in [5.74, 6) is 0. The number of rotatable bonds is 6. The molecule has 0 saturated heterocycles. The minimum atomic E-state index is 0.0726. The van der Waals surface area contributed by atoms with Gasteiger partial charge in [0, 0.05) is 25.7 Å². The van der Waals surface area contributed by atoms with E-state index in [4.69, 9.17) is 4.74 Å². The Bertz CT molecular complexity index is 369. The molecule has 0 atom stereocenters. The van der Waals surface area contributed by atoms with Crippen molar-refractivity contribution in [3.05, 3.63) is 5.01 Å². The molecule has 5 heteroatoms. The van der Waals surface area contributed by atoms with Crippen molar-refractivity contribution in [2.45, 2.75) is 46.5 Å². The van der Waals surface area contributed by atoms with Crippen LogP contribution in [0.1, 0.15) is 46.0 Å². The van der Waals surface area contributed by atoms with Crippen LogP contribution < -0.4 is 5.32 Å².